The number of carbonyl (C=O) groups excluding carboxylic acids is 1. The number of benzene rings is 2. The van der Waals surface area contributed by atoms with Gasteiger partial charge < -0.3 is 9.64 Å². The molecule has 0 radical (unpaired) electrons. The summed E-state index contributed by atoms with van der Waals surface area (Å²) in [6, 6.07) is 13.8. The molecule has 1 aliphatic rings. The molecule has 0 spiro atoms. The van der Waals surface area contributed by atoms with Gasteiger partial charge >= 0.3 is 0 Å². The van der Waals surface area contributed by atoms with E-state index in [1.165, 1.54) is 0 Å². The SMILES string of the molecule is COc1cccc(C2CN(C(=O)c3ccc4nc(C)c(C)nc4c3)CCN2C)c1. The van der Waals surface area contributed by atoms with Gasteiger partial charge in [-0.3, -0.25) is 9.69 Å². The largest absolute Gasteiger partial charge is 0.497 e. The van der Waals surface area contributed by atoms with Gasteiger partial charge in [0.25, 0.3) is 5.91 Å². The highest BCUT2D eigenvalue weighted by Gasteiger charge is 2.29. The molecule has 1 saturated heterocycles. The number of carbonyl (C=O) groups is 1. The van der Waals surface area contributed by atoms with Crippen molar-refractivity contribution in [3.63, 3.8) is 0 Å². The summed E-state index contributed by atoms with van der Waals surface area (Å²) >= 11 is 0. The summed E-state index contributed by atoms with van der Waals surface area (Å²) in [5.41, 5.74) is 5.19. The highest BCUT2D eigenvalue weighted by molar-refractivity contribution is 5.97. The standard InChI is InChI=1S/C23H26N4O2/c1-15-16(2)25-21-13-18(8-9-20(21)24-15)23(28)27-11-10-26(3)22(14-27)17-6-5-7-19(12-17)29-4/h5-9,12-13,22H,10-11,14H2,1-4H3. The van der Waals surface area contributed by atoms with Crippen LogP contribution in [0.2, 0.25) is 0 Å². The van der Waals surface area contributed by atoms with Gasteiger partial charge in [-0.15, -0.1) is 0 Å². The van der Waals surface area contributed by atoms with Gasteiger partial charge in [0.2, 0.25) is 0 Å². The molecule has 1 fully saturated rings. The molecule has 0 N–H and O–H groups in total. The molecule has 150 valence electrons. The van der Waals surface area contributed by atoms with Crippen molar-refractivity contribution in [2.24, 2.45) is 0 Å². The molecule has 0 saturated carbocycles. The van der Waals surface area contributed by atoms with Crippen molar-refractivity contribution in [3.8, 4) is 5.75 Å². The smallest absolute Gasteiger partial charge is 0.254 e. The Hall–Kier alpha value is -2.99. The van der Waals surface area contributed by atoms with E-state index in [2.05, 4.69) is 28.0 Å². The number of likely N-dealkylation sites (N-methyl/N-ethyl adjacent to an activating group) is 1. The van der Waals surface area contributed by atoms with Crippen LogP contribution in [0.1, 0.15) is 33.4 Å². The molecule has 0 aliphatic carbocycles. The van der Waals surface area contributed by atoms with Crippen LogP contribution in [-0.2, 0) is 0 Å². The highest BCUT2D eigenvalue weighted by atomic mass is 16.5. The molecular weight excluding hydrogens is 364 g/mol. The monoisotopic (exact) mass is 390 g/mol. The number of hydrogen-bond acceptors (Lipinski definition) is 5. The summed E-state index contributed by atoms with van der Waals surface area (Å²) in [6.45, 7) is 6.05. The van der Waals surface area contributed by atoms with Gasteiger partial charge in [-0.2, -0.15) is 0 Å². The average molecular weight is 390 g/mol. The average Bonchev–Trinajstić information content (AvgIpc) is 2.74. The molecule has 3 aromatic rings. The number of aryl methyl sites for hydroxylation is 2. The van der Waals surface area contributed by atoms with Crippen LogP contribution in [0.15, 0.2) is 42.5 Å². The lowest BCUT2D eigenvalue weighted by molar-refractivity contribution is 0.0546. The summed E-state index contributed by atoms with van der Waals surface area (Å²) in [5.74, 6) is 0.867. The normalized spacial score (nSPS) is 17.5. The van der Waals surface area contributed by atoms with E-state index in [0.29, 0.717) is 18.7 Å². The first-order valence-corrected chi connectivity index (χ1v) is 9.84. The highest BCUT2D eigenvalue weighted by Crippen LogP contribution is 2.28. The number of hydrogen-bond donors (Lipinski definition) is 0. The van der Waals surface area contributed by atoms with Crippen molar-refractivity contribution in [1.29, 1.82) is 0 Å². The van der Waals surface area contributed by atoms with Crippen molar-refractivity contribution in [3.05, 3.63) is 65.0 Å². The third kappa shape index (κ3) is 3.80. The topological polar surface area (TPSA) is 58.6 Å². The molecule has 2 heterocycles. The predicted octanol–water partition coefficient (Wildman–Crippen LogP) is 3.38. The van der Waals surface area contributed by atoms with E-state index in [4.69, 9.17) is 4.74 Å². The third-order valence-corrected chi connectivity index (χ3v) is 5.74. The van der Waals surface area contributed by atoms with E-state index in [0.717, 1.165) is 40.3 Å². The van der Waals surface area contributed by atoms with Gasteiger partial charge in [0.1, 0.15) is 5.75 Å². The Labute approximate surface area is 171 Å². The van der Waals surface area contributed by atoms with E-state index in [9.17, 15) is 4.79 Å². The van der Waals surface area contributed by atoms with Gasteiger partial charge in [0, 0.05) is 25.2 Å². The van der Waals surface area contributed by atoms with Crippen molar-refractivity contribution >= 4 is 16.9 Å². The van der Waals surface area contributed by atoms with Crippen molar-refractivity contribution in [2.75, 3.05) is 33.8 Å². The Morgan fingerprint density at radius 2 is 1.79 bits per heavy atom. The maximum Gasteiger partial charge on any atom is 0.254 e. The number of nitrogens with zero attached hydrogens (tertiary/aromatic N) is 4. The summed E-state index contributed by atoms with van der Waals surface area (Å²) in [4.78, 5) is 26.6. The summed E-state index contributed by atoms with van der Waals surface area (Å²) in [5, 5.41) is 0. The van der Waals surface area contributed by atoms with Crippen LogP contribution in [0.4, 0.5) is 0 Å². The zero-order valence-corrected chi connectivity index (χ0v) is 17.3. The summed E-state index contributed by atoms with van der Waals surface area (Å²) in [7, 11) is 3.77. The van der Waals surface area contributed by atoms with Gasteiger partial charge in [0.15, 0.2) is 0 Å². The predicted molar refractivity (Wildman–Crippen MR) is 113 cm³/mol. The third-order valence-electron chi connectivity index (χ3n) is 5.74. The van der Waals surface area contributed by atoms with E-state index in [1.54, 1.807) is 7.11 Å². The van der Waals surface area contributed by atoms with Gasteiger partial charge in [-0.1, -0.05) is 12.1 Å². The minimum absolute atomic E-state index is 0.0351. The van der Waals surface area contributed by atoms with Crippen molar-refractivity contribution < 1.29 is 9.53 Å². The Kier molecular flexibility index (Phi) is 5.20. The van der Waals surface area contributed by atoms with Crippen LogP contribution < -0.4 is 4.74 Å². The zero-order chi connectivity index (χ0) is 20.5. The molecule has 4 rings (SSSR count). The van der Waals surface area contributed by atoms with Gasteiger partial charge in [-0.25, -0.2) is 9.97 Å². The quantitative estimate of drug-likeness (QED) is 0.686. The first-order valence-electron chi connectivity index (χ1n) is 9.84. The van der Waals surface area contributed by atoms with E-state index >= 15 is 0 Å². The van der Waals surface area contributed by atoms with Gasteiger partial charge in [0.05, 0.1) is 35.6 Å². The second-order valence-electron chi connectivity index (χ2n) is 7.62. The van der Waals surface area contributed by atoms with E-state index in [1.807, 2.05) is 55.1 Å². The van der Waals surface area contributed by atoms with E-state index in [-0.39, 0.29) is 11.9 Å². The van der Waals surface area contributed by atoms with Crippen LogP contribution >= 0.6 is 0 Å². The number of ether oxygens (including phenoxy) is 1. The molecule has 2 aromatic carbocycles. The molecule has 6 nitrogen and oxygen atoms in total. The van der Waals surface area contributed by atoms with Gasteiger partial charge in [-0.05, 0) is 56.8 Å². The van der Waals surface area contributed by atoms with E-state index < -0.39 is 0 Å². The lowest BCUT2D eigenvalue weighted by Gasteiger charge is -2.39. The molecule has 1 atom stereocenters. The Morgan fingerprint density at radius 3 is 2.55 bits per heavy atom. The fourth-order valence-electron chi connectivity index (χ4n) is 3.81. The van der Waals surface area contributed by atoms with Crippen LogP contribution in [-0.4, -0.2) is 59.5 Å². The summed E-state index contributed by atoms with van der Waals surface area (Å²) < 4.78 is 5.37. The molecule has 1 amide bonds. The molecule has 29 heavy (non-hydrogen) atoms. The van der Waals surface area contributed by atoms with Crippen LogP contribution in [0.3, 0.4) is 0 Å². The molecule has 1 aromatic heterocycles. The maximum absolute atomic E-state index is 13.2. The number of rotatable bonds is 3. The number of methoxy groups -OCH3 is 1. The maximum atomic E-state index is 13.2. The second-order valence-corrected chi connectivity index (χ2v) is 7.62. The van der Waals surface area contributed by atoms with Crippen LogP contribution in [0.25, 0.3) is 11.0 Å². The zero-order valence-electron chi connectivity index (χ0n) is 17.3. The van der Waals surface area contributed by atoms with Crippen molar-refractivity contribution in [1.82, 2.24) is 19.8 Å². The van der Waals surface area contributed by atoms with Crippen LogP contribution in [0.5, 0.6) is 5.75 Å². The fourth-order valence-corrected chi connectivity index (χ4v) is 3.81. The Morgan fingerprint density at radius 1 is 1.03 bits per heavy atom. The lowest BCUT2D eigenvalue weighted by Crippen LogP contribution is -2.49. The Balaban J connectivity index is 1.60. The first-order chi connectivity index (χ1) is 14.0. The Bertz CT molecular complexity index is 1070. The fraction of sp³-hybridized carbons (Fsp3) is 0.348. The number of fused-ring (bicyclic) bond motifs is 1. The minimum atomic E-state index is 0.0351. The molecule has 0 bridgehead atoms. The summed E-state index contributed by atoms with van der Waals surface area (Å²) in [6.07, 6.45) is 0. The number of amides is 1. The lowest BCUT2D eigenvalue weighted by atomic mass is 10.0. The molecule has 1 aliphatic heterocycles. The van der Waals surface area contributed by atoms with Crippen molar-refractivity contribution in [2.45, 2.75) is 19.9 Å². The second kappa shape index (κ2) is 7.79. The first kappa shape index (κ1) is 19.3. The van der Waals surface area contributed by atoms with Crippen LogP contribution in [0, 0.1) is 13.8 Å². The molecule has 1 unspecified atom stereocenters. The number of piperazine rings is 1. The molecular formula is C23H26N4O2. The molecule has 6 heteroatoms. The number of aromatic nitrogens is 2. The minimum Gasteiger partial charge on any atom is -0.497 e.